The van der Waals surface area contributed by atoms with Crippen LogP contribution in [0, 0.1) is 0 Å². The van der Waals surface area contributed by atoms with E-state index in [9.17, 15) is 4.79 Å². The molecule has 5 heteroatoms. The third kappa shape index (κ3) is 5.38. The molecule has 1 heterocycles. The quantitative estimate of drug-likeness (QED) is 0.609. The minimum Gasteiger partial charge on any atom is -0.366 e. The Hall–Kier alpha value is -2.71. The SMILES string of the molecule is CCPc1ccc(N(Cc2ccc(C(N)=O)cc2)Cc2cccnc2)cc1. The summed E-state index contributed by atoms with van der Waals surface area (Å²) >= 11 is 0. The fourth-order valence-corrected chi connectivity index (χ4v) is 3.75. The van der Waals surface area contributed by atoms with E-state index < -0.39 is 5.91 Å². The first kappa shape index (κ1) is 19.1. The zero-order valence-electron chi connectivity index (χ0n) is 15.4. The van der Waals surface area contributed by atoms with Crippen LogP contribution in [0.3, 0.4) is 0 Å². The summed E-state index contributed by atoms with van der Waals surface area (Å²) < 4.78 is 0. The molecule has 0 spiro atoms. The maximum atomic E-state index is 11.3. The Balaban J connectivity index is 1.83. The molecule has 1 unspecified atom stereocenters. The number of primary amides is 1. The van der Waals surface area contributed by atoms with Crippen molar-refractivity contribution >= 4 is 25.5 Å². The molecule has 27 heavy (non-hydrogen) atoms. The van der Waals surface area contributed by atoms with E-state index in [-0.39, 0.29) is 0 Å². The summed E-state index contributed by atoms with van der Waals surface area (Å²) in [7, 11) is 0.848. The van der Waals surface area contributed by atoms with Gasteiger partial charge in [0, 0.05) is 36.7 Å². The zero-order valence-corrected chi connectivity index (χ0v) is 16.4. The van der Waals surface area contributed by atoms with Gasteiger partial charge in [-0.2, -0.15) is 0 Å². The normalized spacial score (nSPS) is 11.0. The highest BCUT2D eigenvalue weighted by molar-refractivity contribution is 7.47. The van der Waals surface area contributed by atoms with Crippen molar-refractivity contribution in [1.82, 2.24) is 4.98 Å². The molecule has 0 aliphatic rings. The van der Waals surface area contributed by atoms with Crippen molar-refractivity contribution in [3.8, 4) is 0 Å². The molecule has 2 aromatic carbocycles. The molecule has 0 radical (unpaired) electrons. The number of nitrogens with zero attached hydrogens (tertiary/aromatic N) is 2. The number of amides is 1. The Labute approximate surface area is 162 Å². The van der Waals surface area contributed by atoms with E-state index in [4.69, 9.17) is 5.73 Å². The third-order valence-corrected chi connectivity index (χ3v) is 5.42. The largest absolute Gasteiger partial charge is 0.366 e. The first-order chi connectivity index (χ1) is 13.2. The highest BCUT2D eigenvalue weighted by atomic mass is 31.1. The van der Waals surface area contributed by atoms with E-state index in [2.05, 4.69) is 47.1 Å². The number of carbonyl (C=O) groups excluding carboxylic acids is 1. The first-order valence-corrected chi connectivity index (χ1v) is 10.2. The van der Waals surface area contributed by atoms with E-state index >= 15 is 0 Å². The average molecular weight is 377 g/mol. The summed E-state index contributed by atoms with van der Waals surface area (Å²) in [5, 5.41) is 1.38. The molecule has 0 saturated carbocycles. The molecule has 0 aliphatic carbocycles. The number of carbonyl (C=O) groups is 1. The van der Waals surface area contributed by atoms with Gasteiger partial charge in [0.1, 0.15) is 0 Å². The molecule has 0 aliphatic heterocycles. The number of pyridine rings is 1. The predicted octanol–water partition coefficient (Wildman–Crippen LogP) is 3.71. The number of hydrogen-bond acceptors (Lipinski definition) is 3. The first-order valence-electron chi connectivity index (χ1n) is 9.02. The lowest BCUT2D eigenvalue weighted by Gasteiger charge is -2.25. The van der Waals surface area contributed by atoms with Gasteiger partial charge >= 0.3 is 0 Å². The van der Waals surface area contributed by atoms with Gasteiger partial charge in [0.25, 0.3) is 0 Å². The van der Waals surface area contributed by atoms with Gasteiger partial charge in [0.05, 0.1) is 0 Å². The molecule has 138 valence electrons. The summed E-state index contributed by atoms with van der Waals surface area (Å²) in [4.78, 5) is 17.8. The van der Waals surface area contributed by atoms with Gasteiger partial charge in [0.2, 0.25) is 5.91 Å². The van der Waals surface area contributed by atoms with Crippen LogP contribution in [-0.4, -0.2) is 17.1 Å². The molecule has 0 bridgehead atoms. The summed E-state index contributed by atoms with van der Waals surface area (Å²) in [6.45, 7) is 3.71. The van der Waals surface area contributed by atoms with Gasteiger partial charge in [-0.1, -0.05) is 45.8 Å². The molecule has 1 atom stereocenters. The van der Waals surface area contributed by atoms with E-state index in [0.29, 0.717) is 5.56 Å². The van der Waals surface area contributed by atoms with Crippen LogP contribution in [0.25, 0.3) is 0 Å². The van der Waals surface area contributed by atoms with Crippen molar-refractivity contribution in [2.24, 2.45) is 5.73 Å². The second kappa shape index (κ2) is 9.29. The van der Waals surface area contributed by atoms with Crippen LogP contribution in [-0.2, 0) is 13.1 Å². The van der Waals surface area contributed by atoms with E-state index in [1.165, 1.54) is 17.2 Å². The molecular weight excluding hydrogens is 353 g/mol. The minimum absolute atomic E-state index is 0.402. The van der Waals surface area contributed by atoms with Gasteiger partial charge in [0.15, 0.2) is 0 Å². The third-order valence-electron chi connectivity index (χ3n) is 4.32. The van der Waals surface area contributed by atoms with Gasteiger partial charge in [-0.15, -0.1) is 0 Å². The van der Waals surface area contributed by atoms with Gasteiger partial charge < -0.3 is 10.6 Å². The molecular formula is C22H24N3OP. The number of rotatable bonds is 8. The summed E-state index contributed by atoms with van der Waals surface area (Å²) in [5.41, 5.74) is 9.33. The van der Waals surface area contributed by atoms with Crippen LogP contribution in [0.15, 0.2) is 73.1 Å². The van der Waals surface area contributed by atoms with Crippen LogP contribution in [0.1, 0.15) is 28.4 Å². The lowest BCUT2D eigenvalue weighted by molar-refractivity contribution is 0.100. The Kier molecular flexibility index (Phi) is 6.56. The van der Waals surface area contributed by atoms with Crippen molar-refractivity contribution in [2.75, 3.05) is 11.1 Å². The zero-order chi connectivity index (χ0) is 19.1. The minimum atomic E-state index is -0.402. The monoisotopic (exact) mass is 377 g/mol. The van der Waals surface area contributed by atoms with Gasteiger partial charge in [-0.25, -0.2) is 0 Å². The Bertz CT molecular complexity index is 864. The maximum Gasteiger partial charge on any atom is 0.248 e. The van der Waals surface area contributed by atoms with Crippen molar-refractivity contribution in [2.45, 2.75) is 20.0 Å². The summed E-state index contributed by atoms with van der Waals surface area (Å²) in [6, 6.07) is 20.3. The van der Waals surface area contributed by atoms with Crippen LogP contribution in [0.2, 0.25) is 0 Å². The standard InChI is InChI=1S/C22H24N3OP/c1-2-27-21-11-9-20(10-12-21)25(16-18-4-3-13-24-14-18)15-17-5-7-19(8-6-17)22(23)26/h3-14,27H,2,15-16H2,1H3,(H2,23,26). The summed E-state index contributed by atoms with van der Waals surface area (Å²) in [6.07, 6.45) is 4.86. The van der Waals surface area contributed by atoms with Gasteiger partial charge in [-0.05, 0) is 52.9 Å². The van der Waals surface area contributed by atoms with Crippen LogP contribution >= 0.6 is 8.58 Å². The number of anilines is 1. The van der Waals surface area contributed by atoms with Crippen LogP contribution < -0.4 is 15.9 Å². The number of benzene rings is 2. The predicted molar refractivity (Wildman–Crippen MR) is 114 cm³/mol. The second-order valence-electron chi connectivity index (χ2n) is 6.36. The molecule has 4 nitrogen and oxygen atoms in total. The Morgan fingerprint density at radius 1 is 1.00 bits per heavy atom. The topological polar surface area (TPSA) is 59.2 Å². The Morgan fingerprint density at radius 2 is 1.70 bits per heavy atom. The van der Waals surface area contributed by atoms with Gasteiger partial charge in [-0.3, -0.25) is 9.78 Å². The number of nitrogens with two attached hydrogens (primary N) is 1. The summed E-state index contributed by atoms with van der Waals surface area (Å²) in [5.74, 6) is -0.402. The Morgan fingerprint density at radius 3 is 2.30 bits per heavy atom. The fraction of sp³-hybridized carbons (Fsp3) is 0.182. The molecule has 1 amide bonds. The van der Waals surface area contributed by atoms with Crippen molar-refractivity contribution in [3.63, 3.8) is 0 Å². The van der Waals surface area contributed by atoms with Crippen LogP contribution in [0.5, 0.6) is 0 Å². The molecule has 0 fully saturated rings. The smallest absolute Gasteiger partial charge is 0.248 e. The number of aromatic nitrogens is 1. The molecule has 1 aromatic heterocycles. The van der Waals surface area contributed by atoms with Crippen molar-refractivity contribution < 1.29 is 4.79 Å². The molecule has 3 aromatic rings. The second-order valence-corrected chi connectivity index (χ2v) is 7.99. The highest BCUT2D eigenvalue weighted by Crippen LogP contribution is 2.21. The molecule has 0 saturated heterocycles. The van der Waals surface area contributed by atoms with E-state index in [1.807, 2.05) is 24.4 Å². The number of hydrogen-bond donors (Lipinski definition) is 1. The lowest BCUT2D eigenvalue weighted by atomic mass is 10.1. The van der Waals surface area contributed by atoms with Crippen LogP contribution in [0.4, 0.5) is 5.69 Å². The van der Waals surface area contributed by atoms with E-state index in [0.717, 1.165) is 32.8 Å². The lowest BCUT2D eigenvalue weighted by Crippen LogP contribution is -2.22. The van der Waals surface area contributed by atoms with E-state index in [1.54, 1.807) is 18.3 Å². The maximum absolute atomic E-state index is 11.3. The molecule has 2 N–H and O–H groups in total. The van der Waals surface area contributed by atoms with Crippen molar-refractivity contribution in [1.29, 1.82) is 0 Å². The average Bonchev–Trinajstić information content (AvgIpc) is 2.69. The highest BCUT2D eigenvalue weighted by Gasteiger charge is 2.10. The fourth-order valence-electron chi connectivity index (χ4n) is 2.94. The molecule has 3 rings (SSSR count). The van der Waals surface area contributed by atoms with Crippen molar-refractivity contribution in [3.05, 3.63) is 89.7 Å².